The van der Waals surface area contributed by atoms with Crippen LogP contribution in [0.1, 0.15) is 36.0 Å². The Hall–Kier alpha value is -1.55. The lowest BCUT2D eigenvalue weighted by Gasteiger charge is -2.27. The molecule has 0 saturated heterocycles. The van der Waals surface area contributed by atoms with Crippen molar-refractivity contribution < 1.29 is 19.4 Å². The number of carbonyl (C=O) groups is 1. The van der Waals surface area contributed by atoms with Crippen molar-refractivity contribution in [3.63, 3.8) is 0 Å². The molecule has 0 amide bonds. The molecule has 0 heterocycles. The molecule has 1 saturated carbocycles. The Bertz CT molecular complexity index is 399. The molecule has 2 rings (SSSR count). The van der Waals surface area contributed by atoms with Crippen LogP contribution in [-0.2, 0) is 4.74 Å². The van der Waals surface area contributed by atoms with Gasteiger partial charge in [-0.15, -0.1) is 0 Å². The normalized spacial score (nSPS) is 23.4. The highest BCUT2D eigenvalue weighted by Crippen LogP contribution is 2.22. The van der Waals surface area contributed by atoms with Gasteiger partial charge in [-0.3, -0.25) is 0 Å². The summed E-state index contributed by atoms with van der Waals surface area (Å²) in [5.41, 5.74) is 0.480. The standard InChI is InChI=1S/C14H18O4/c1-17-11-8-6-10(7-9-11)14(16)18-13-5-3-2-4-12(13)15/h6-9,12-13,15H,2-5H2,1H3/t12-,13-/m1/s1. The van der Waals surface area contributed by atoms with E-state index in [-0.39, 0.29) is 12.1 Å². The molecule has 4 heteroatoms. The van der Waals surface area contributed by atoms with Gasteiger partial charge in [0.05, 0.1) is 18.8 Å². The van der Waals surface area contributed by atoms with E-state index in [1.54, 1.807) is 31.4 Å². The minimum Gasteiger partial charge on any atom is -0.497 e. The van der Waals surface area contributed by atoms with E-state index in [9.17, 15) is 9.90 Å². The first-order chi connectivity index (χ1) is 8.70. The molecule has 1 aliphatic carbocycles. The van der Waals surface area contributed by atoms with Gasteiger partial charge in [-0.05, 0) is 43.5 Å². The number of ether oxygens (including phenoxy) is 2. The fraction of sp³-hybridized carbons (Fsp3) is 0.500. The van der Waals surface area contributed by atoms with Crippen LogP contribution in [0.15, 0.2) is 24.3 Å². The highest BCUT2D eigenvalue weighted by molar-refractivity contribution is 5.89. The first-order valence-electron chi connectivity index (χ1n) is 6.24. The molecule has 0 spiro atoms. The highest BCUT2D eigenvalue weighted by Gasteiger charge is 2.26. The van der Waals surface area contributed by atoms with Crippen molar-refractivity contribution in [3.05, 3.63) is 29.8 Å². The molecular formula is C14H18O4. The van der Waals surface area contributed by atoms with Crippen molar-refractivity contribution >= 4 is 5.97 Å². The number of esters is 1. The Labute approximate surface area is 107 Å². The van der Waals surface area contributed by atoms with Crippen LogP contribution in [0.2, 0.25) is 0 Å². The highest BCUT2D eigenvalue weighted by atomic mass is 16.6. The van der Waals surface area contributed by atoms with Gasteiger partial charge in [-0.25, -0.2) is 4.79 Å². The third-order valence-electron chi connectivity index (χ3n) is 3.25. The number of rotatable bonds is 3. The van der Waals surface area contributed by atoms with Crippen molar-refractivity contribution in [3.8, 4) is 5.75 Å². The zero-order valence-corrected chi connectivity index (χ0v) is 10.5. The summed E-state index contributed by atoms with van der Waals surface area (Å²) in [4.78, 5) is 11.9. The van der Waals surface area contributed by atoms with Gasteiger partial charge < -0.3 is 14.6 Å². The maximum absolute atomic E-state index is 11.9. The number of carbonyl (C=O) groups excluding carboxylic acids is 1. The Balaban J connectivity index is 1.97. The molecule has 18 heavy (non-hydrogen) atoms. The van der Waals surface area contributed by atoms with Gasteiger partial charge in [0.25, 0.3) is 0 Å². The van der Waals surface area contributed by atoms with Crippen molar-refractivity contribution in [2.24, 2.45) is 0 Å². The molecule has 0 aromatic heterocycles. The van der Waals surface area contributed by atoms with E-state index in [1.165, 1.54) is 0 Å². The minimum atomic E-state index is -0.527. The maximum atomic E-state index is 11.9. The smallest absolute Gasteiger partial charge is 0.338 e. The lowest BCUT2D eigenvalue weighted by atomic mass is 9.95. The average Bonchev–Trinajstić information content (AvgIpc) is 2.41. The van der Waals surface area contributed by atoms with Gasteiger partial charge in [-0.1, -0.05) is 6.42 Å². The lowest BCUT2D eigenvalue weighted by molar-refractivity contribution is -0.0360. The molecule has 1 N–H and O–H groups in total. The average molecular weight is 250 g/mol. The van der Waals surface area contributed by atoms with Gasteiger partial charge >= 0.3 is 5.97 Å². The molecule has 2 atom stereocenters. The van der Waals surface area contributed by atoms with E-state index in [0.29, 0.717) is 17.7 Å². The zero-order chi connectivity index (χ0) is 13.0. The molecular weight excluding hydrogens is 232 g/mol. The molecule has 0 bridgehead atoms. The van der Waals surface area contributed by atoms with Crippen LogP contribution < -0.4 is 4.74 Å². The molecule has 0 unspecified atom stereocenters. The molecule has 4 nitrogen and oxygen atoms in total. The first-order valence-corrected chi connectivity index (χ1v) is 6.24. The Morgan fingerprint density at radius 1 is 1.22 bits per heavy atom. The summed E-state index contributed by atoms with van der Waals surface area (Å²) < 4.78 is 10.4. The third kappa shape index (κ3) is 3.01. The lowest BCUT2D eigenvalue weighted by Crippen LogP contribution is -2.34. The van der Waals surface area contributed by atoms with Crippen LogP contribution in [-0.4, -0.2) is 30.4 Å². The summed E-state index contributed by atoms with van der Waals surface area (Å²) in [6.45, 7) is 0. The number of benzene rings is 1. The molecule has 1 aromatic carbocycles. The molecule has 0 aliphatic heterocycles. The fourth-order valence-corrected chi connectivity index (χ4v) is 2.15. The molecule has 1 aromatic rings. The van der Waals surface area contributed by atoms with Gasteiger partial charge in [0.1, 0.15) is 11.9 Å². The van der Waals surface area contributed by atoms with Crippen molar-refractivity contribution in [2.75, 3.05) is 7.11 Å². The second-order valence-electron chi connectivity index (χ2n) is 4.52. The quantitative estimate of drug-likeness (QED) is 0.835. The van der Waals surface area contributed by atoms with Crippen LogP contribution in [0.3, 0.4) is 0 Å². The fourth-order valence-electron chi connectivity index (χ4n) is 2.15. The predicted molar refractivity (Wildman–Crippen MR) is 66.7 cm³/mol. The van der Waals surface area contributed by atoms with E-state index in [0.717, 1.165) is 19.3 Å². The largest absolute Gasteiger partial charge is 0.497 e. The van der Waals surface area contributed by atoms with Crippen LogP contribution in [0.5, 0.6) is 5.75 Å². The number of hydrogen-bond donors (Lipinski definition) is 1. The summed E-state index contributed by atoms with van der Waals surface area (Å²) in [5.74, 6) is 0.313. The molecule has 0 radical (unpaired) electrons. The zero-order valence-electron chi connectivity index (χ0n) is 10.5. The van der Waals surface area contributed by atoms with Gasteiger partial charge in [0.15, 0.2) is 0 Å². The number of hydrogen-bond acceptors (Lipinski definition) is 4. The summed E-state index contributed by atoms with van der Waals surface area (Å²) >= 11 is 0. The van der Waals surface area contributed by atoms with E-state index in [2.05, 4.69) is 0 Å². The second-order valence-corrected chi connectivity index (χ2v) is 4.52. The van der Waals surface area contributed by atoms with E-state index < -0.39 is 6.10 Å². The minimum absolute atomic E-state index is 0.367. The predicted octanol–water partition coefficient (Wildman–Crippen LogP) is 2.16. The van der Waals surface area contributed by atoms with Crippen LogP contribution >= 0.6 is 0 Å². The third-order valence-corrected chi connectivity index (χ3v) is 3.25. The van der Waals surface area contributed by atoms with E-state index in [4.69, 9.17) is 9.47 Å². The van der Waals surface area contributed by atoms with Crippen LogP contribution in [0, 0.1) is 0 Å². The van der Waals surface area contributed by atoms with E-state index >= 15 is 0 Å². The van der Waals surface area contributed by atoms with Crippen molar-refractivity contribution in [1.29, 1.82) is 0 Å². The topological polar surface area (TPSA) is 55.8 Å². The molecule has 1 aliphatic rings. The summed E-state index contributed by atoms with van der Waals surface area (Å²) in [6.07, 6.45) is 2.55. The summed E-state index contributed by atoms with van der Waals surface area (Å²) in [6, 6.07) is 6.76. The summed E-state index contributed by atoms with van der Waals surface area (Å²) in [7, 11) is 1.58. The van der Waals surface area contributed by atoms with Gasteiger partial charge in [0.2, 0.25) is 0 Å². The van der Waals surface area contributed by atoms with E-state index in [1.807, 2.05) is 0 Å². The first kappa shape index (κ1) is 12.9. The number of aliphatic hydroxyl groups excluding tert-OH is 1. The van der Waals surface area contributed by atoms with Crippen LogP contribution in [0.25, 0.3) is 0 Å². The number of aliphatic hydroxyl groups is 1. The molecule has 1 fully saturated rings. The molecule has 98 valence electrons. The van der Waals surface area contributed by atoms with Crippen molar-refractivity contribution in [2.45, 2.75) is 37.9 Å². The Kier molecular flexibility index (Phi) is 4.20. The maximum Gasteiger partial charge on any atom is 0.338 e. The monoisotopic (exact) mass is 250 g/mol. The SMILES string of the molecule is COc1ccc(C(=O)O[C@@H]2CCCC[C@H]2O)cc1. The summed E-state index contributed by atoms with van der Waals surface area (Å²) in [5, 5.41) is 9.75. The Morgan fingerprint density at radius 2 is 1.89 bits per heavy atom. The van der Waals surface area contributed by atoms with Gasteiger partial charge in [0, 0.05) is 0 Å². The van der Waals surface area contributed by atoms with Crippen molar-refractivity contribution in [1.82, 2.24) is 0 Å². The van der Waals surface area contributed by atoms with Crippen LogP contribution in [0.4, 0.5) is 0 Å². The van der Waals surface area contributed by atoms with Gasteiger partial charge in [-0.2, -0.15) is 0 Å². The Morgan fingerprint density at radius 3 is 2.50 bits per heavy atom. The second kappa shape index (κ2) is 5.87. The number of methoxy groups -OCH3 is 1.